The minimum atomic E-state index is -0.0525. The zero-order valence-electron chi connectivity index (χ0n) is 15.7. The molecule has 144 valence electrons. The zero-order chi connectivity index (χ0) is 19.2. The number of ether oxygens (including phenoxy) is 1. The third-order valence-electron chi connectivity index (χ3n) is 4.34. The summed E-state index contributed by atoms with van der Waals surface area (Å²) in [7, 11) is 0. The van der Waals surface area contributed by atoms with Crippen molar-refractivity contribution in [3.8, 4) is 5.88 Å². The van der Waals surface area contributed by atoms with Crippen molar-refractivity contribution in [1.82, 2.24) is 15.2 Å². The Morgan fingerprint density at radius 1 is 1.22 bits per heavy atom. The van der Waals surface area contributed by atoms with Crippen molar-refractivity contribution in [2.24, 2.45) is 0 Å². The Kier molecular flexibility index (Phi) is 6.40. The second-order valence-electron chi connectivity index (χ2n) is 6.78. The molecule has 0 saturated carbocycles. The van der Waals surface area contributed by atoms with E-state index in [1.807, 2.05) is 55.1 Å². The van der Waals surface area contributed by atoms with Crippen molar-refractivity contribution in [3.63, 3.8) is 0 Å². The molecule has 0 spiro atoms. The summed E-state index contributed by atoms with van der Waals surface area (Å²) < 4.78 is 5.52. The predicted molar refractivity (Wildman–Crippen MR) is 107 cm³/mol. The van der Waals surface area contributed by atoms with E-state index in [1.165, 1.54) is 0 Å². The van der Waals surface area contributed by atoms with E-state index in [4.69, 9.17) is 16.3 Å². The average Bonchev–Trinajstić information content (AvgIpc) is 2.67. The first-order valence-corrected chi connectivity index (χ1v) is 9.54. The molecule has 0 unspecified atom stereocenters. The van der Waals surface area contributed by atoms with Gasteiger partial charge in [-0.25, -0.2) is 9.78 Å². The highest BCUT2D eigenvalue weighted by Gasteiger charge is 2.21. The van der Waals surface area contributed by atoms with E-state index < -0.39 is 0 Å². The van der Waals surface area contributed by atoms with Gasteiger partial charge in [0.05, 0.1) is 6.10 Å². The van der Waals surface area contributed by atoms with Crippen LogP contribution >= 0.6 is 11.6 Å². The molecule has 1 fully saturated rings. The molecule has 1 aliphatic heterocycles. The van der Waals surface area contributed by atoms with E-state index in [0.29, 0.717) is 25.5 Å². The Bertz CT molecular complexity index is 759. The fourth-order valence-electron chi connectivity index (χ4n) is 2.96. The Hall–Kier alpha value is -2.47. The number of piperazine rings is 1. The van der Waals surface area contributed by atoms with Crippen molar-refractivity contribution >= 4 is 23.3 Å². The van der Waals surface area contributed by atoms with Gasteiger partial charge in [0.15, 0.2) is 0 Å². The van der Waals surface area contributed by atoms with Gasteiger partial charge in [-0.1, -0.05) is 23.7 Å². The number of amides is 2. The summed E-state index contributed by atoms with van der Waals surface area (Å²) in [6.07, 6.45) is 1.82. The highest BCUT2D eigenvalue weighted by molar-refractivity contribution is 6.30. The third-order valence-corrected chi connectivity index (χ3v) is 4.57. The summed E-state index contributed by atoms with van der Waals surface area (Å²) in [4.78, 5) is 20.7. The van der Waals surface area contributed by atoms with Gasteiger partial charge in [-0.3, -0.25) is 0 Å². The summed E-state index contributed by atoms with van der Waals surface area (Å²) in [6.45, 7) is 7.30. The number of hydrogen-bond donors (Lipinski definition) is 1. The highest BCUT2D eigenvalue weighted by atomic mass is 35.5. The summed E-state index contributed by atoms with van der Waals surface area (Å²) >= 11 is 6.06. The van der Waals surface area contributed by atoms with E-state index in [1.54, 1.807) is 6.20 Å². The standard InChI is InChI=1S/C20H25ClN4O2/c1-15(2)27-19-7-6-16(13-22-19)14-23-20(26)25-10-8-24(9-11-25)18-5-3-4-17(21)12-18/h3-7,12-13,15H,8-11,14H2,1-2H3,(H,23,26). The van der Waals surface area contributed by atoms with Crippen molar-refractivity contribution in [1.29, 1.82) is 0 Å². The van der Waals surface area contributed by atoms with Crippen LogP contribution in [0.1, 0.15) is 19.4 Å². The lowest BCUT2D eigenvalue weighted by Gasteiger charge is -2.36. The van der Waals surface area contributed by atoms with E-state index >= 15 is 0 Å². The average molecular weight is 389 g/mol. The maximum absolute atomic E-state index is 12.4. The molecular formula is C20H25ClN4O2. The molecule has 1 saturated heterocycles. The molecule has 6 nitrogen and oxygen atoms in total. The van der Waals surface area contributed by atoms with E-state index in [0.717, 1.165) is 29.4 Å². The Morgan fingerprint density at radius 2 is 2.00 bits per heavy atom. The molecule has 1 aromatic carbocycles. The summed E-state index contributed by atoms with van der Waals surface area (Å²) in [5.74, 6) is 0.595. The molecule has 1 aromatic heterocycles. The first kappa shape index (κ1) is 19.3. The van der Waals surface area contributed by atoms with E-state index in [2.05, 4.69) is 15.2 Å². The number of urea groups is 1. The fourth-order valence-corrected chi connectivity index (χ4v) is 3.14. The van der Waals surface area contributed by atoms with Gasteiger partial charge in [0.2, 0.25) is 5.88 Å². The molecule has 27 heavy (non-hydrogen) atoms. The van der Waals surface area contributed by atoms with E-state index in [-0.39, 0.29) is 12.1 Å². The second kappa shape index (κ2) is 8.95. The molecule has 1 aliphatic rings. The third kappa shape index (κ3) is 5.50. The van der Waals surface area contributed by atoms with Crippen molar-refractivity contribution in [2.45, 2.75) is 26.5 Å². The van der Waals surface area contributed by atoms with Gasteiger partial charge >= 0.3 is 6.03 Å². The van der Waals surface area contributed by atoms with Crippen LogP contribution in [0.4, 0.5) is 10.5 Å². The number of halogens is 1. The van der Waals surface area contributed by atoms with Gasteiger partial charge in [-0.15, -0.1) is 0 Å². The quantitative estimate of drug-likeness (QED) is 0.850. The maximum atomic E-state index is 12.4. The monoisotopic (exact) mass is 388 g/mol. The summed E-state index contributed by atoms with van der Waals surface area (Å²) in [5, 5.41) is 3.69. The van der Waals surface area contributed by atoms with Crippen LogP contribution in [0.5, 0.6) is 5.88 Å². The number of carbonyl (C=O) groups is 1. The normalized spacial score (nSPS) is 14.4. The highest BCUT2D eigenvalue weighted by Crippen LogP contribution is 2.20. The molecule has 0 aliphatic carbocycles. The van der Waals surface area contributed by atoms with Crippen molar-refractivity contribution in [3.05, 3.63) is 53.2 Å². The lowest BCUT2D eigenvalue weighted by atomic mass is 10.2. The molecular weight excluding hydrogens is 364 g/mol. The van der Waals surface area contributed by atoms with Crippen molar-refractivity contribution in [2.75, 3.05) is 31.1 Å². The van der Waals surface area contributed by atoms with Gasteiger partial charge in [-0.2, -0.15) is 0 Å². The number of nitrogens with one attached hydrogen (secondary N) is 1. The minimum Gasteiger partial charge on any atom is -0.475 e. The summed E-state index contributed by atoms with van der Waals surface area (Å²) in [6, 6.07) is 11.5. The molecule has 2 amide bonds. The smallest absolute Gasteiger partial charge is 0.317 e. The van der Waals surface area contributed by atoms with Crippen LogP contribution in [-0.2, 0) is 6.54 Å². The Morgan fingerprint density at radius 3 is 2.63 bits per heavy atom. The van der Waals surface area contributed by atoms with Gasteiger partial charge in [0.25, 0.3) is 0 Å². The molecule has 2 aromatic rings. The van der Waals surface area contributed by atoms with Gasteiger partial charge in [0, 0.05) is 55.7 Å². The van der Waals surface area contributed by atoms with Gasteiger partial charge in [0.1, 0.15) is 0 Å². The van der Waals surface area contributed by atoms with Crippen LogP contribution in [0.2, 0.25) is 5.02 Å². The Labute approximate surface area is 165 Å². The number of anilines is 1. The number of aromatic nitrogens is 1. The molecule has 1 N–H and O–H groups in total. The number of benzene rings is 1. The van der Waals surface area contributed by atoms with Crippen molar-refractivity contribution < 1.29 is 9.53 Å². The molecule has 0 bridgehead atoms. The topological polar surface area (TPSA) is 57.7 Å². The lowest BCUT2D eigenvalue weighted by Crippen LogP contribution is -2.51. The molecule has 3 rings (SSSR count). The number of carbonyl (C=O) groups excluding carboxylic acids is 1. The molecule has 0 atom stereocenters. The number of rotatable bonds is 5. The van der Waals surface area contributed by atoms with Gasteiger partial charge in [-0.05, 0) is 37.6 Å². The Balaban J connectivity index is 1.45. The SMILES string of the molecule is CC(C)Oc1ccc(CNC(=O)N2CCN(c3cccc(Cl)c3)CC2)cn1. The van der Waals surface area contributed by atoms with Gasteiger partial charge < -0.3 is 19.9 Å². The first-order valence-electron chi connectivity index (χ1n) is 9.16. The van der Waals surface area contributed by atoms with Crippen LogP contribution < -0.4 is 15.0 Å². The molecule has 2 heterocycles. The fraction of sp³-hybridized carbons (Fsp3) is 0.400. The predicted octanol–water partition coefficient (Wildman–Crippen LogP) is 3.55. The van der Waals surface area contributed by atoms with Crippen LogP contribution in [0.3, 0.4) is 0 Å². The minimum absolute atomic E-state index is 0.0525. The van der Waals surface area contributed by atoms with Crippen LogP contribution in [-0.4, -0.2) is 48.2 Å². The van der Waals surface area contributed by atoms with Crippen LogP contribution in [0.15, 0.2) is 42.6 Å². The number of nitrogens with zero attached hydrogens (tertiary/aromatic N) is 3. The maximum Gasteiger partial charge on any atom is 0.317 e. The number of pyridine rings is 1. The van der Waals surface area contributed by atoms with Crippen LogP contribution in [0, 0.1) is 0 Å². The molecule has 0 radical (unpaired) electrons. The zero-order valence-corrected chi connectivity index (χ0v) is 16.4. The largest absolute Gasteiger partial charge is 0.475 e. The summed E-state index contributed by atoms with van der Waals surface area (Å²) in [5.41, 5.74) is 2.04. The lowest BCUT2D eigenvalue weighted by molar-refractivity contribution is 0.194. The second-order valence-corrected chi connectivity index (χ2v) is 7.22. The molecule has 7 heteroatoms. The van der Waals surface area contributed by atoms with E-state index in [9.17, 15) is 4.79 Å². The number of hydrogen-bond acceptors (Lipinski definition) is 4. The first-order chi connectivity index (χ1) is 13.0. The van der Waals surface area contributed by atoms with Crippen LogP contribution in [0.25, 0.3) is 0 Å².